The predicted octanol–water partition coefficient (Wildman–Crippen LogP) is 1.95. The number of hydrogen-bond donors (Lipinski definition) is 1. The van der Waals surface area contributed by atoms with Crippen LogP contribution < -0.4 is 5.73 Å². The molecule has 0 aliphatic heterocycles. The summed E-state index contributed by atoms with van der Waals surface area (Å²) in [4.78, 5) is 1.31. The Balaban J connectivity index is 4.63. The topological polar surface area (TPSA) is 29.3 Å². The van der Waals surface area contributed by atoms with Crippen molar-refractivity contribution in [1.29, 1.82) is 0 Å². The Morgan fingerprint density at radius 3 is 2.07 bits per heavy atom. The Kier molecular flexibility index (Phi) is 5.98. The van der Waals surface area contributed by atoms with Crippen LogP contribution in [0, 0.1) is 0 Å². The normalized spacial score (nSPS) is 19.0. The van der Waals surface area contributed by atoms with Crippen LogP contribution in [0.4, 0.5) is 13.2 Å². The number of halogens is 3. The Labute approximate surface area is 93.4 Å². The largest absolute Gasteiger partial charge is 0.405 e. The lowest BCUT2D eigenvalue weighted by Crippen LogP contribution is -2.56. The van der Waals surface area contributed by atoms with Crippen molar-refractivity contribution in [2.45, 2.75) is 38.1 Å². The first kappa shape index (κ1) is 15.1. The molecule has 6 heteroatoms. The van der Waals surface area contributed by atoms with E-state index in [0.717, 1.165) is 0 Å². The molecule has 0 bridgehead atoms. The Hall–Kier alpha value is 0.0600. The second-order valence-electron chi connectivity index (χ2n) is 3.82. The minimum Gasteiger partial charge on any atom is -0.326 e. The number of thioether (sulfide) groups is 1. The van der Waals surface area contributed by atoms with Crippen molar-refractivity contribution in [2.75, 3.05) is 19.1 Å². The SMILES string of the molecule is CSCC(C)N(C)C(C(C)N)C(F)(F)F. The maximum atomic E-state index is 12.7. The summed E-state index contributed by atoms with van der Waals surface area (Å²) in [5, 5.41) is 0. The van der Waals surface area contributed by atoms with Gasteiger partial charge in [0.15, 0.2) is 0 Å². The van der Waals surface area contributed by atoms with Gasteiger partial charge in [0.1, 0.15) is 6.04 Å². The Morgan fingerprint density at radius 1 is 1.33 bits per heavy atom. The highest BCUT2D eigenvalue weighted by Crippen LogP contribution is 2.27. The van der Waals surface area contributed by atoms with Crippen LogP contribution in [-0.2, 0) is 0 Å². The molecular formula is C9H19F3N2S. The molecule has 0 rings (SSSR count). The van der Waals surface area contributed by atoms with Crippen LogP contribution in [0.5, 0.6) is 0 Å². The molecule has 0 aliphatic rings. The molecule has 3 unspecified atom stereocenters. The highest BCUT2D eigenvalue weighted by atomic mass is 32.2. The van der Waals surface area contributed by atoms with E-state index in [1.54, 1.807) is 6.92 Å². The number of nitrogens with two attached hydrogens (primary N) is 1. The van der Waals surface area contributed by atoms with Crippen LogP contribution in [0.2, 0.25) is 0 Å². The van der Waals surface area contributed by atoms with E-state index in [0.29, 0.717) is 5.75 Å². The number of hydrogen-bond acceptors (Lipinski definition) is 3. The van der Waals surface area contributed by atoms with Gasteiger partial charge in [0.05, 0.1) is 0 Å². The summed E-state index contributed by atoms with van der Waals surface area (Å²) in [6.07, 6.45) is -2.39. The molecule has 0 spiro atoms. The van der Waals surface area contributed by atoms with E-state index in [-0.39, 0.29) is 6.04 Å². The monoisotopic (exact) mass is 244 g/mol. The van der Waals surface area contributed by atoms with E-state index in [1.807, 2.05) is 6.26 Å². The zero-order valence-electron chi connectivity index (χ0n) is 9.51. The van der Waals surface area contributed by atoms with Gasteiger partial charge in [-0.1, -0.05) is 0 Å². The maximum Gasteiger partial charge on any atom is 0.405 e. The molecule has 3 atom stereocenters. The molecule has 2 N–H and O–H groups in total. The van der Waals surface area contributed by atoms with Crippen LogP contribution in [0.1, 0.15) is 13.8 Å². The third-order valence-electron chi connectivity index (χ3n) is 2.38. The summed E-state index contributed by atoms with van der Waals surface area (Å²) in [6, 6.07) is -2.63. The van der Waals surface area contributed by atoms with Crippen molar-refractivity contribution in [2.24, 2.45) is 5.73 Å². The van der Waals surface area contributed by atoms with Gasteiger partial charge in [-0.05, 0) is 27.2 Å². The first-order valence-corrected chi connectivity index (χ1v) is 6.14. The second-order valence-corrected chi connectivity index (χ2v) is 4.73. The molecule has 0 aromatic rings. The minimum absolute atomic E-state index is 0.141. The average molecular weight is 244 g/mol. The van der Waals surface area contributed by atoms with Gasteiger partial charge >= 0.3 is 6.18 Å². The molecule has 0 aliphatic carbocycles. The molecule has 92 valence electrons. The number of rotatable bonds is 5. The van der Waals surface area contributed by atoms with E-state index in [2.05, 4.69) is 0 Å². The van der Waals surface area contributed by atoms with Crippen molar-refractivity contribution in [3.63, 3.8) is 0 Å². The van der Waals surface area contributed by atoms with Gasteiger partial charge in [-0.2, -0.15) is 24.9 Å². The summed E-state index contributed by atoms with van der Waals surface area (Å²) >= 11 is 1.53. The third-order valence-corrected chi connectivity index (χ3v) is 3.19. The number of nitrogens with zero attached hydrogens (tertiary/aromatic N) is 1. The average Bonchev–Trinajstić information content (AvgIpc) is 2.00. The fourth-order valence-corrected chi connectivity index (χ4v) is 2.25. The highest BCUT2D eigenvalue weighted by molar-refractivity contribution is 7.98. The zero-order chi connectivity index (χ0) is 12.2. The predicted molar refractivity (Wildman–Crippen MR) is 59.1 cm³/mol. The molecule has 0 aromatic heterocycles. The highest BCUT2D eigenvalue weighted by Gasteiger charge is 2.45. The number of likely N-dealkylation sites (N-methyl/N-ethyl adjacent to an activating group) is 1. The van der Waals surface area contributed by atoms with Gasteiger partial charge in [0.25, 0.3) is 0 Å². The zero-order valence-corrected chi connectivity index (χ0v) is 10.3. The second kappa shape index (κ2) is 5.96. The Morgan fingerprint density at radius 2 is 1.80 bits per heavy atom. The number of alkyl halides is 3. The molecule has 0 radical (unpaired) electrons. The maximum absolute atomic E-state index is 12.7. The quantitative estimate of drug-likeness (QED) is 0.801. The Bertz CT molecular complexity index is 185. The van der Waals surface area contributed by atoms with E-state index >= 15 is 0 Å². The van der Waals surface area contributed by atoms with Gasteiger partial charge in [-0.15, -0.1) is 0 Å². The van der Waals surface area contributed by atoms with E-state index < -0.39 is 18.3 Å². The molecule has 0 saturated heterocycles. The standard InChI is InChI=1S/C9H19F3N2S/c1-6(5-15-4)14(3)8(7(2)13)9(10,11)12/h6-8H,5,13H2,1-4H3. The fourth-order valence-electron chi connectivity index (χ4n) is 1.53. The molecule has 0 saturated carbocycles. The summed E-state index contributed by atoms with van der Waals surface area (Å²) in [5.41, 5.74) is 5.39. The van der Waals surface area contributed by atoms with Crippen LogP contribution in [-0.4, -0.2) is 48.3 Å². The minimum atomic E-state index is -4.27. The lowest BCUT2D eigenvalue weighted by atomic mass is 10.1. The lowest BCUT2D eigenvalue weighted by molar-refractivity contribution is -0.188. The third kappa shape index (κ3) is 4.61. The van der Waals surface area contributed by atoms with Crippen molar-refractivity contribution in [3.05, 3.63) is 0 Å². The van der Waals surface area contributed by atoms with Crippen LogP contribution >= 0.6 is 11.8 Å². The van der Waals surface area contributed by atoms with E-state index in [9.17, 15) is 13.2 Å². The van der Waals surface area contributed by atoms with Gasteiger partial charge in [0.2, 0.25) is 0 Å². The smallest absolute Gasteiger partial charge is 0.326 e. The fraction of sp³-hybridized carbons (Fsp3) is 1.00. The summed E-state index contributed by atoms with van der Waals surface area (Å²) in [5.74, 6) is 0.662. The van der Waals surface area contributed by atoms with Crippen molar-refractivity contribution in [3.8, 4) is 0 Å². The van der Waals surface area contributed by atoms with Crippen molar-refractivity contribution in [1.82, 2.24) is 4.90 Å². The molecule has 0 amide bonds. The molecule has 0 fully saturated rings. The van der Waals surface area contributed by atoms with Gasteiger partial charge in [0, 0.05) is 17.8 Å². The first-order valence-electron chi connectivity index (χ1n) is 4.75. The molecule has 15 heavy (non-hydrogen) atoms. The van der Waals surface area contributed by atoms with Crippen LogP contribution in [0.3, 0.4) is 0 Å². The van der Waals surface area contributed by atoms with Gasteiger partial charge in [-0.3, -0.25) is 4.90 Å². The molecule has 0 aromatic carbocycles. The molecular weight excluding hydrogens is 225 g/mol. The van der Waals surface area contributed by atoms with E-state index in [4.69, 9.17) is 5.73 Å². The lowest BCUT2D eigenvalue weighted by Gasteiger charge is -2.36. The summed E-state index contributed by atoms with van der Waals surface area (Å²) < 4.78 is 38.1. The molecule has 0 heterocycles. The van der Waals surface area contributed by atoms with Crippen molar-refractivity contribution < 1.29 is 13.2 Å². The first-order chi connectivity index (χ1) is 6.71. The van der Waals surface area contributed by atoms with Gasteiger partial charge < -0.3 is 5.73 Å². The molecule has 2 nitrogen and oxygen atoms in total. The van der Waals surface area contributed by atoms with Gasteiger partial charge in [-0.25, -0.2) is 0 Å². The van der Waals surface area contributed by atoms with Crippen molar-refractivity contribution >= 4 is 11.8 Å². The summed E-state index contributed by atoms with van der Waals surface area (Å²) in [7, 11) is 1.47. The summed E-state index contributed by atoms with van der Waals surface area (Å²) in [6.45, 7) is 3.16. The van der Waals surface area contributed by atoms with Crippen LogP contribution in [0.25, 0.3) is 0 Å². The van der Waals surface area contributed by atoms with Crippen LogP contribution in [0.15, 0.2) is 0 Å². The van der Waals surface area contributed by atoms with E-state index in [1.165, 1.54) is 30.6 Å².